The second-order valence-electron chi connectivity index (χ2n) is 13.3. The smallest absolute Gasteiger partial charge is 0.249 e. The molecule has 3 aromatic rings. The van der Waals surface area contributed by atoms with Crippen molar-refractivity contribution < 1.29 is 29.3 Å². The Labute approximate surface area is 296 Å². The van der Waals surface area contributed by atoms with Gasteiger partial charge in [0.2, 0.25) is 17.7 Å². The molecule has 1 fully saturated rings. The molecule has 1 saturated heterocycles. The molecule has 0 saturated carbocycles. The van der Waals surface area contributed by atoms with Crippen LogP contribution in [-0.4, -0.2) is 83.4 Å². The van der Waals surface area contributed by atoms with Crippen molar-refractivity contribution in [2.24, 2.45) is 5.92 Å². The maximum atomic E-state index is 14.4. The van der Waals surface area contributed by atoms with Gasteiger partial charge in [-0.3, -0.25) is 14.4 Å². The van der Waals surface area contributed by atoms with Gasteiger partial charge in [-0.2, -0.15) is 0 Å². The first-order valence-electron chi connectivity index (χ1n) is 17.8. The van der Waals surface area contributed by atoms with Crippen LogP contribution >= 0.6 is 0 Å². The Morgan fingerprint density at radius 3 is 2.32 bits per heavy atom. The predicted molar refractivity (Wildman–Crippen MR) is 194 cm³/mol. The Hall–Kier alpha value is -4.25. The number of hydrogen-bond donors (Lipinski definition) is 5. The van der Waals surface area contributed by atoms with E-state index in [1.54, 1.807) is 12.0 Å². The molecule has 5 N–H and O–H groups in total. The average molecular weight is 687 g/mol. The van der Waals surface area contributed by atoms with Crippen molar-refractivity contribution in [3.05, 3.63) is 102 Å². The van der Waals surface area contributed by atoms with E-state index < -0.39 is 23.7 Å². The van der Waals surface area contributed by atoms with Crippen LogP contribution in [-0.2, 0) is 33.8 Å². The normalized spacial score (nSPS) is 18.3. The van der Waals surface area contributed by atoms with Gasteiger partial charge in [0.05, 0.1) is 19.3 Å². The molecule has 1 aliphatic heterocycles. The van der Waals surface area contributed by atoms with Gasteiger partial charge >= 0.3 is 0 Å². The van der Waals surface area contributed by atoms with Crippen LogP contribution < -0.4 is 20.7 Å². The quantitative estimate of drug-likeness (QED) is 0.122. The number of aryl methyl sites for hydroxylation is 1. The first-order valence-corrected chi connectivity index (χ1v) is 17.8. The maximum Gasteiger partial charge on any atom is 0.249 e. The first kappa shape index (κ1) is 38.6. The van der Waals surface area contributed by atoms with Crippen molar-refractivity contribution in [3.8, 4) is 5.75 Å². The van der Waals surface area contributed by atoms with Crippen LogP contribution in [0.1, 0.15) is 62.6 Å². The van der Waals surface area contributed by atoms with Crippen LogP contribution in [0.15, 0.2) is 84.9 Å². The van der Waals surface area contributed by atoms with Crippen molar-refractivity contribution in [2.45, 2.75) is 89.1 Å². The first-order chi connectivity index (χ1) is 24.2. The number of amides is 3. The third-order valence-corrected chi connectivity index (χ3v) is 9.90. The van der Waals surface area contributed by atoms with Gasteiger partial charge in [-0.05, 0) is 66.8 Å². The van der Waals surface area contributed by atoms with Crippen molar-refractivity contribution in [1.82, 2.24) is 20.9 Å². The lowest BCUT2D eigenvalue weighted by Gasteiger charge is -2.36. The van der Waals surface area contributed by atoms with E-state index in [2.05, 4.69) is 16.0 Å². The Kier molecular flexibility index (Phi) is 14.8. The molecule has 0 aromatic heterocycles. The van der Waals surface area contributed by atoms with E-state index in [0.29, 0.717) is 51.6 Å². The third-order valence-electron chi connectivity index (χ3n) is 9.90. The Balaban J connectivity index is 1.57. The fourth-order valence-electron chi connectivity index (χ4n) is 6.75. The number of nitrogens with zero attached hydrogens (tertiary/aromatic N) is 1. The molecule has 10 nitrogen and oxygen atoms in total. The van der Waals surface area contributed by atoms with Gasteiger partial charge in [0.1, 0.15) is 17.3 Å². The molecule has 0 aliphatic carbocycles. The fraction of sp³-hybridized carbons (Fsp3) is 0.475. The van der Waals surface area contributed by atoms with E-state index in [0.717, 1.165) is 22.4 Å². The summed E-state index contributed by atoms with van der Waals surface area (Å²) in [4.78, 5) is 43.4. The largest absolute Gasteiger partial charge is 0.497 e. The number of methoxy groups -OCH3 is 1. The molecule has 0 spiro atoms. The molecular weight excluding hydrogens is 632 g/mol. The number of carbonyl (C=O) groups is 3. The summed E-state index contributed by atoms with van der Waals surface area (Å²) >= 11 is 0. The SMILES string of the molecule is CC[C@H](C)[C@@]1(NC(=O)CCCO)CCN([C@@H](CCc2ccccc2)C(=O)N[C@@H](Cc2ccccc2)[C@@H](O)CNCc2cccc(OC)c2)C1=O. The number of benzene rings is 3. The summed E-state index contributed by atoms with van der Waals surface area (Å²) in [5.74, 6) is -0.308. The van der Waals surface area contributed by atoms with E-state index in [9.17, 15) is 24.6 Å². The zero-order chi connectivity index (χ0) is 35.9. The molecule has 270 valence electrons. The Morgan fingerprint density at radius 1 is 0.980 bits per heavy atom. The summed E-state index contributed by atoms with van der Waals surface area (Å²) in [5, 5.41) is 30.3. The van der Waals surface area contributed by atoms with E-state index in [1.165, 1.54) is 0 Å². The summed E-state index contributed by atoms with van der Waals surface area (Å²) in [5.41, 5.74) is 1.87. The highest BCUT2D eigenvalue weighted by Gasteiger charge is 2.53. The lowest BCUT2D eigenvalue weighted by Crippen LogP contribution is -2.61. The van der Waals surface area contributed by atoms with Gasteiger partial charge < -0.3 is 35.8 Å². The second kappa shape index (κ2) is 19.2. The van der Waals surface area contributed by atoms with E-state index >= 15 is 0 Å². The van der Waals surface area contributed by atoms with Crippen LogP contribution in [0.3, 0.4) is 0 Å². The summed E-state index contributed by atoms with van der Waals surface area (Å²) in [6.07, 6.45) is 1.87. The van der Waals surface area contributed by atoms with Crippen LogP contribution in [0.2, 0.25) is 0 Å². The molecule has 10 heteroatoms. The summed E-state index contributed by atoms with van der Waals surface area (Å²) in [6, 6.07) is 25.8. The molecule has 0 radical (unpaired) electrons. The monoisotopic (exact) mass is 686 g/mol. The van der Waals surface area contributed by atoms with Crippen LogP contribution in [0.25, 0.3) is 0 Å². The van der Waals surface area contributed by atoms with Crippen molar-refractivity contribution in [3.63, 3.8) is 0 Å². The fourth-order valence-corrected chi connectivity index (χ4v) is 6.75. The minimum absolute atomic E-state index is 0.113. The molecule has 0 bridgehead atoms. The summed E-state index contributed by atoms with van der Waals surface area (Å²) < 4.78 is 5.33. The third kappa shape index (κ3) is 10.4. The molecule has 50 heavy (non-hydrogen) atoms. The number of aliphatic hydroxyl groups is 2. The molecular formula is C40H54N4O6. The molecule has 3 aromatic carbocycles. The minimum Gasteiger partial charge on any atom is -0.497 e. The number of likely N-dealkylation sites (tertiary alicyclic amines) is 1. The van der Waals surface area contributed by atoms with Gasteiger partial charge in [0.25, 0.3) is 0 Å². The number of rotatable bonds is 20. The lowest BCUT2D eigenvalue weighted by molar-refractivity contribution is -0.144. The van der Waals surface area contributed by atoms with E-state index in [4.69, 9.17) is 4.74 Å². The van der Waals surface area contributed by atoms with Gasteiger partial charge in [0.15, 0.2) is 0 Å². The van der Waals surface area contributed by atoms with Crippen LogP contribution in [0.5, 0.6) is 5.75 Å². The Morgan fingerprint density at radius 2 is 1.66 bits per heavy atom. The van der Waals surface area contributed by atoms with Gasteiger partial charge in [0, 0.05) is 32.7 Å². The van der Waals surface area contributed by atoms with Gasteiger partial charge in [-0.1, -0.05) is 93.1 Å². The predicted octanol–water partition coefficient (Wildman–Crippen LogP) is 3.78. The number of ether oxygens (including phenoxy) is 1. The molecule has 1 aliphatic rings. The van der Waals surface area contributed by atoms with Gasteiger partial charge in [-0.15, -0.1) is 0 Å². The summed E-state index contributed by atoms with van der Waals surface area (Å²) in [7, 11) is 1.62. The number of aliphatic hydroxyl groups excluding tert-OH is 2. The maximum absolute atomic E-state index is 14.4. The number of hydrogen-bond acceptors (Lipinski definition) is 7. The van der Waals surface area contributed by atoms with Crippen LogP contribution in [0, 0.1) is 5.92 Å². The van der Waals surface area contributed by atoms with E-state index in [-0.39, 0.29) is 43.2 Å². The molecule has 5 atom stereocenters. The number of carbonyl (C=O) groups excluding carboxylic acids is 3. The standard InChI is InChI=1S/C40H54N4O6/c1-4-29(2)40(43-37(47)19-12-24-45)22-23-44(39(40)49)35(21-20-30-13-7-5-8-14-30)38(48)42-34(26-31-15-9-6-10-16-31)36(46)28-41-27-32-17-11-18-33(25-32)50-3/h5-11,13-18,25,29,34-36,41,45-46H,4,12,19-24,26-28H2,1-3H3,(H,42,48)(H,43,47)/t29-,34-,35-,36-,40-/m0/s1. The van der Waals surface area contributed by atoms with Crippen molar-refractivity contribution >= 4 is 17.7 Å². The molecule has 3 amide bonds. The van der Waals surface area contributed by atoms with Crippen LogP contribution in [0.4, 0.5) is 0 Å². The zero-order valence-corrected chi connectivity index (χ0v) is 29.6. The topological polar surface area (TPSA) is 140 Å². The molecule has 4 rings (SSSR count). The molecule has 0 unspecified atom stereocenters. The zero-order valence-electron chi connectivity index (χ0n) is 29.6. The second-order valence-corrected chi connectivity index (χ2v) is 13.3. The number of nitrogens with one attached hydrogen (secondary N) is 3. The minimum atomic E-state index is -1.14. The average Bonchev–Trinajstić information content (AvgIpc) is 3.46. The van der Waals surface area contributed by atoms with Crippen molar-refractivity contribution in [1.29, 1.82) is 0 Å². The summed E-state index contributed by atoms with van der Waals surface area (Å²) in [6.45, 7) is 4.87. The highest BCUT2D eigenvalue weighted by Crippen LogP contribution is 2.35. The van der Waals surface area contributed by atoms with Crippen molar-refractivity contribution in [2.75, 3.05) is 26.8 Å². The molecule has 1 heterocycles. The highest BCUT2D eigenvalue weighted by atomic mass is 16.5. The highest BCUT2D eigenvalue weighted by molar-refractivity contribution is 5.97. The van der Waals surface area contributed by atoms with E-state index in [1.807, 2.05) is 98.8 Å². The lowest BCUT2D eigenvalue weighted by atomic mass is 9.81. The Bertz CT molecular complexity index is 1510. The van der Waals surface area contributed by atoms with Gasteiger partial charge in [-0.25, -0.2) is 0 Å².